The summed E-state index contributed by atoms with van der Waals surface area (Å²) in [6.45, 7) is 1.17. The Hall–Kier alpha value is -1.36. The smallest absolute Gasteiger partial charge is 0.151 e. The molecule has 1 aromatic rings. The summed E-state index contributed by atoms with van der Waals surface area (Å²) >= 11 is 0. The molecule has 0 radical (unpaired) electrons. The number of likely N-dealkylation sites (N-methyl/N-ethyl adjacent to an activating group) is 2. The normalized spacial score (nSPS) is 10.4. The van der Waals surface area contributed by atoms with Crippen molar-refractivity contribution in [3.05, 3.63) is 23.8 Å². The minimum atomic E-state index is -0.633. The van der Waals surface area contributed by atoms with E-state index >= 15 is 0 Å². The molecule has 1 aromatic carbocycles. The van der Waals surface area contributed by atoms with Crippen molar-refractivity contribution in [3.63, 3.8) is 0 Å². The Morgan fingerprint density at radius 3 is 2.33 bits per heavy atom. The van der Waals surface area contributed by atoms with Gasteiger partial charge in [0.15, 0.2) is 11.6 Å². The number of nitrogens with one attached hydrogen (secondary N) is 1. The molecule has 5 heteroatoms. The van der Waals surface area contributed by atoms with Gasteiger partial charge in [0.25, 0.3) is 0 Å². The number of hydrogen-bond donors (Lipinski definition) is 2. The molecule has 1 rings (SSSR count). The second-order valence-electron chi connectivity index (χ2n) is 3.36. The van der Waals surface area contributed by atoms with Crippen LogP contribution in [0.3, 0.4) is 0 Å². The summed E-state index contributed by atoms with van der Waals surface area (Å²) in [6.07, 6.45) is 0. The van der Waals surface area contributed by atoms with Crippen molar-refractivity contribution in [2.24, 2.45) is 0 Å². The highest BCUT2D eigenvalue weighted by Gasteiger charge is 2.13. The molecule has 0 aliphatic carbocycles. The van der Waals surface area contributed by atoms with Crippen LogP contribution in [0.4, 0.5) is 20.2 Å². The molecule has 0 saturated carbocycles. The summed E-state index contributed by atoms with van der Waals surface area (Å²) in [7, 11) is 3.42. The SMILES string of the molecule is CNCCN(C)c1c(F)cc(N)cc1F. The third-order valence-corrected chi connectivity index (χ3v) is 2.12. The van der Waals surface area contributed by atoms with Crippen molar-refractivity contribution < 1.29 is 8.78 Å². The van der Waals surface area contributed by atoms with Crippen molar-refractivity contribution >= 4 is 11.4 Å². The minimum absolute atomic E-state index is 0.0422. The Morgan fingerprint density at radius 2 is 1.87 bits per heavy atom. The molecule has 0 amide bonds. The van der Waals surface area contributed by atoms with Crippen LogP contribution in [-0.2, 0) is 0 Å². The lowest BCUT2D eigenvalue weighted by Crippen LogP contribution is -2.28. The third-order valence-electron chi connectivity index (χ3n) is 2.12. The summed E-state index contributed by atoms with van der Waals surface area (Å²) < 4.78 is 26.8. The van der Waals surface area contributed by atoms with E-state index in [4.69, 9.17) is 5.73 Å². The monoisotopic (exact) mass is 215 g/mol. The molecular formula is C10H15F2N3. The predicted octanol–water partition coefficient (Wildman–Crippen LogP) is 1.20. The maximum atomic E-state index is 13.4. The average Bonchev–Trinajstić information content (AvgIpc) is 2.12. The largest absolute Gasteiger partial charge is 0.399 e. The highest BCUT2D eigenvalue weighted by atomic mass is 19.1. The number of nitrogen functional groups attached to an aromatic ring is 1. The van der Waals surface area contributed by atoms with E-state index in [1.807, 2.05) is 0 Å². The maximum Gasteiger partial charge on any atom is 0.151 e. The van der Waals surface area contributed by atoms with Gasteiger partial charge in [0, 0.05) is 25.8 Å². The van der Waals surface area contributed by atoms with E-state index in [9.17, 15) is 8.78 Å². The first-order chi connectivity index (χ1) is 7.06. The van der Waals surface area contributed by atoms with Gasteiger partial charge in [0.2, 0.25) is 0 Å². The van der Waals surface area contributed by atoms with Gasteiger partial charge in [-0.15, -0.1) is 0 Å². The molecule has 84 valence electrons. The molecule has 0 aliphatic rings. The minimum Gasteiger partial charge on any atom is -0.399 e. The first-order valence-electron chi connectivity index (χ1n) is 4.66. The van der Waals surface area contributed by atoms with Crippen molar-refractivity contribution in [1.82, 2.24) is 5.32 Å². The first kappa shape index (κ1) is 11.7. The van der Waals surface area contributed by atoms with Gasteiger partial charge in [0.05, 0.1) is 0 Å². The lowest BCUT2D eigenvalue weighted by molar-refractivity contribution is 0.576. The van der Waals surface area contributed by atoms with Crippen molar-refractivity contribution in [1.29, 1.82) is 0 Å². The lowest BCUT2D eigenvalue weighted by atomic mass is 10.2. The van der Waals surface area contributed by atoms with Crippen LogP contribution in [0, 0.1) is 11.6 Å². The van der Waals surface area contributed by atoms with E-state index in [0.29, 0.717) is 13.1 Å². The highest BCUT2D eigenvalue weighted by molar-refractivity contribution is 5.55. The van der Waals surface area contributed by atoms with Gasteiger partial charge in [0.1, 0.15) is 5.69 Å². The van der Waals surface area contributed by atoms with Crippen LogP contribution < -0.4 is 16.0 Å². The van der Waals surface area contributed by atoms with Crippen LogP contribution in [0.1, 0.15) is 0 Å². The van der Waals surface area contributed by atoms with Crippen LogP contribution in [0.2, 0.25) is 0 Å². The standard InChI is InChI=1S/C10H15F2N3/c1-14-3-4-15(2)10-8(11)5-7(13)6-9(10)12/h5-6,14H,3-4,13H2,1-2H3. The number of halogens is 2. The van der Waals surface area contributed by atoms with E-state index in [1.54, 1.807) is 14.1 Å². The van der Waals surface area contributed by atoms with Gasteiger partial charge in [-0.3, -0.25) is 0 Å². The number of rotatable bonds is 4. The van der Waals surface area contributed by atoms with Crippen molar-refractivity contribution in [2.75, 3.05) is 37.8 Å². The predicted molar refractivity (Wildman–Crippen MR) is 58.0 cm³/mol. The zero-order chi connectivity index (χ0) is 11.4. The van der Waals surface area contributed by atoms with Gasteiger partial charge < -0.3 is 16.0 Å². The van der Waals surface area contributed by atoms with E-state index < -0.39 is 11.6 Å². The Labute approximate surface area is 87.9 Å². The van der Waals surface area contributed by atoms with Crippen LogP contribution in [0.25, 0.3) is 0 Å². The second-order valence-corrected chi connectivity index (χ2v) is 3.36. The van der Waals surface area contributed by atoms with Gasteiger partial charge in [-0.2, -0.15) is 0 Å². The second kappa shape index (κ2) is 4.93. The third kappa shape index (κ3) is 2.79. The zero-order valence-electron chi connectivity index (χ0n) is 8.85. The molecule has 3 nitrogen and oxygen atoms in total. The summed E-state index contributed by atoms with van der Waals surface area (Å²) in [4.78, 5) is 1.51. The summed E-state index contributed by atoms with van der Waals surface area (Å²) in [6, 6.07) is 2.24. The van der Waals surface area contributed by atoms with Gasteiger partial charge >= 0.3 is 0 Å². The fraction of sp³-hybridized carbons (Fsp3) is 0.400. The number of hydrogen-bond acceptors (Lipinski definition) is 3. The fourth-order valence-corrected chi connectivity index (χ4v) is 1.34. The molecule has 0 atom stereocenters. The zero-order valence-corrected chi connectivity index (χ0v) is 8.85. The molecule has 0 unspecified atom stereocenters. The number of nitrogens with two attached hydrogens (primary N) is 1. The lowest BCUT2D eigenvalue weighted by Gasteiger charge is -2.20. The van der Waals surface area contributed by atoms with Crippen LogP contribution in [0.5, 0.6) is 0 Å². The van der Waals surface area contributed by atoms with E-state index in [1.165, 1.54) is 4.90 Å². The molecule has 0 spiro atoms. The van der Waals surface area contributed by atoms with Gasteiger partial charge in [-0.25, -0.2) is 8.78 Å². The molecule has 15 heavy (non-hydrogen) atoms. The molecule has 0 aromatic heterocycles. The molecule has 0 heterocycles. The van der Waals surface area contributed by atoms with E-state index in [0.717, 1.165) is 12.1 Å². The average molecular weight is 215 g/mol. The summed E-state index contributed by atoms with van der Waals surface area (Å²) in [5.41, 5.74) is 5.37. The van der Waals surface area contributed by atoms with Crippen LogP contribution in [-0.4, -0.2) is 27.2 Å². The highest BCUT2D eigenvalue weighted by Crippen LogP contribution is 2.24. The molecule has 0 bridgehead atoms. The van der Waals surface area contributed by atoms with E-state index in [2.05, 4.69) is 5.32 Å². The summed E-state index contributed by atoms with van der Waals surface area (Å²) in [5, 5.41) is 2.91. The molecule has 3 N–H and O–H groups in total. The van der Waals surface area contributed by atoms with Crippen molar-refractivity contribution in [3.8, 4) is 0 Å². The molecule has 0 aliphatic heterocycles. The van der Waals surface area contributed by atoms with Crippen molar-refractivity contribution in [2.45, 2.75) is 0 Å². The van der Waals surface area contributed by atoms with E-state index in [-0.39, 0.29) is 11.4 Å². The number of benzene rings is 1. The Kier molecular flexibility index (Phi) is 3.85. The first-order valence-corrected chi connectivity index (χ1v) is 4.66. The van der Waals surface area contributed by atoms with Gasteiger partial charge in [-0.1, -0.05) is 0 Å². The maximum absolute atomic E-state index is 13.4. The van der Waals surface area contributed by atoms with Gasteiger partial charge in [-0.05, 0) is 19.2 Å². The fourth-order valence-electron chi connectivity index (χ4n) is 1.34. The Morgan fingerprint density at radius 1 is 1.33 bits per heavy atom. The number of nitrogens with zero attached hydrogens (tertiary/aromatic N) is 1. The van der Waals surface area contributed by atoms with Crippen LogP contribution in [0.15, 0.2) is 12.1 Å². The topological polar surface area (TPSA) is 41.3 Å². The Bertz CT molecular complexity index is 318. The quantitative estimate of drug-likeness (QED) is 0.742. The molecule has 0 fully saturated rings. The Balaban J connectivity index is 2.92. The van der Waals surface area contributed by atoms with Crippen LogP contribution >= 0.6 is 0 Å². The molecular weight excluding hydrogens is 200 g/mol. The summed E-state index contributed by atoms with van der Waals surface area (Å²) in [5.74, 6) is -1.27. The number of anilines is 2. The molecule has 0 saturated heterocycles.